The fourth-order valence-electron chi connectivity index (χ4n) is 4.90. The van der Waals surface area contributed by atoms with E-state index in [1.807, 2.05) is 24.3 Å². The molecule has 31 heavy (non-hydrogen) atoms. The average Bonchev–Trinajstić information content (AvgIpc) is 2.70. The van der Waals surface area contributed by atoms with E-state index in [9.17, 15) is 5.11 Å². The predicted molar refractivity (Wildman–Crippen MR) is 124 cm³/mol. The minimum Gasteiger partial charge on any atom is -0.506 e. The Morgan fingerprint density at radius 1 is 1.06 bits per heavy atom. The molecular formula is C24H31N5O2. The number of fused-ring (bicyclic) bond motifs is 1. The number of hydrogen-bond acceptors (Lipinski definition) is 7. The summed E-state index contributed by atoms with van der Waals surface area (Å²) in [6.45, 7) is 9.01. The number of rotatable bonds is 4. The van der Waals surface area contributed by atoms with Gasteiger partial charge in [0.05, 0.1) is 24.5 Å². The molecule has 3 aromatic rings. The Morgan fingerprint density at radius 2 is 1.77 bits per heavy atom. The number of nitrogens with one attached hydrogen (secondary N) is 1. The maximum atomic E-state index is 9.78. The molecule has 0 saturated carbocycles. The number of piperidine rings is 1. The van der Waals surface area contributed by atoms with Crippen LogP contribution in [0.1, 0.15) is 40.5 Å². The van der Waals surface area contributed by atoms with Gasteiger partial charge in [-0.25, -0.2) is 0 Å². The number of pyridine rings is 1. The fourth-order valence-corrected chi connectivity index (χ4v) is 4.90. The van der Waals surface area contributed by atoms with Crippen LogP contribution in [0.2, 0.25) is 0 Å². The van der Waals surface area contributed by atoms with E-state index in [-0.39, 0.29) is 16.8 Å². The molecule has 3 heterocycles. The summed E-state index contributed by atoms with van der Waals surface area (Å²) < 4.78 is 5.57. The molecule has 1 saturated heterocycles. The lowest BCUT2D eigenvalue weighted by Gasteiger charge is -2.49. The third-order valence-corrected chi connectivity index (χ3v) is 5.99. The lowest BCUT2D eigenvalue weighted by atomic mass is 9.79. The van der Waals surface area contributed by atoms with Crippen molar-refractivity contribution < 1.29 is 9.84 Å². The summed E-state index contributed by atoms with van der Waals surface area (Å²) >= 11 is 0. The second kappa shape index (κ2) is 7.64. The zero-order valence-electron chi connectivity index (χ0n) is 19.1. The molecule has 0 unspecified atom stereocenters. The van der Waals surface area contributed by atoms with Gasteiger partial charge in [0.2, 0.25) is 0 Å². The monoisotopic (exact) mass is 421 g/mol. The number of ether oxygens (including phenoxy) is 1. The van der Waals surface area contributed by atoms with Gasteiger partial charge in [-0.3, -0.25) is 4.98 Å². The van der Waals surface area contributed by atoms with Gasteiger partial charge in [0.15, 0.2) is 5.82 Å². The Morgan fingerprint density at radius 3 is 2.39 bits per heavy atom. The highest BCUT2D eigenvalue weighted by atomic mass is 16.5. The van der Waals surface area contributed by atoms with Gasteiger partial charge in [0.25, 0.3) is 0 Å². The molecule has 2 N–H and O–H groups in total. The number of methoxy groups -OCH3 is 1. The van der Waals surface area contributed by atoms with Gasteiger partial charge in [-0.15, -0.1) is 10.2 Å². The Labute approximate surface area is 183 Å². The maximum Gasteiger partial charge on any atom is 0.151 e. The summed E-state index contributed by atoms with van der Waals surface area (Å²) in [4.78, 5) is 6.50. The molecular weight excluding hydrogens is 390 g/mol. The SMILES string of the molecule is COc1cc2ncc(O)cc2cc1-c1ccc(N(C)C2CC(C)(C)NC(C)(C)C2)nn1. The number of aromatic hydroxyl groups is 1. The van der Waals surface area contributed by atoms with Gasteiger partial charge >= 0.3 is 0 Å². The minimum absolute atomic E-state index is 0.0616. The molecule has 0 bridgehead atoms. The third-order valence-electron chi connectivity index (χ3n) is 5.99. The molecule has 164 valence electrons. The number of anilines is 1. The van der Waals surface area contributed by atoms with Gasteiger partial charge in [-0.1, -0.05) is 0 Å². The smallest absolute Gasteiger partial charge is 0.151 e. The van der Waals surface area contributed by atoms with Crippen LogP contribution in [0.5, 0.6) is 11.5 Å². The largest absolute Gasteiger partial charge is 0.506 e. The van der Waals surface area contributed by atoms with Gasteiger partial charge in [-0.05, 0) is 64.8 Å². The van der Waals surface area contributed by atoms with Gasteiger partial charge < -0.3 is 20.1 Å². The van der Waals surface area contributed by atoms with E-state index in [1.165, 1.54) is 6.20 Å². The van der Waals surface area contributed by atoms with Crippen LogP contribution in [-0.2, 0) is 0 Å². The van der Waals surface area contributed by atoms with E-state index in [4.69, 9.17) is 4.74 Å². The van der Waals surface area contributed by atoms with Crippen molar-refractivity contribution in [1.82, 2.24) is 20.5 Å². The molecule has 0 amide bonds. The second-order valence-electron chi connectivity index (χ2n) is 9.78. The lowest BCUT2D eigenvalue weighted by molar-refractivity contribution is 0.160. The lowest BCUT2D eigenvalue weighted by Crippen LogP contribution is -2.62. The van der Waals surface area contributed by atoms with Crippen LogP contribution in [0.15, 0.2) is 36.5 Å². The first-order valence-electron chi connectivity index (χ1n) is 10.6. The fraction of sp³-hybridized carbons (Fsp3) is 0.458. The summed E-state index contributed by atoms with van der Waals surface area (Å²) in [6, 6.07) is 9.80. The summed E-state index contributed by atoms with van der Waals surface area (Å²) in [6.07, 6.45) is 3.49. The van der Waals surface area contributed by atoms with Crippen molar-refractivity contribution in [2.24, 2.45) is 0 Å². The standard InChI is InChI=1S/C24H31N5O2/c1-23(2)12-16(13-24(3,4)28-23)29(5)22-8-7-19(26-27-22)18-10-15-9-17(30)14-25-20(15)11-21(18)31-6/h7-11,14,16,28,30H,12-13H2,1-6H3. The van der Waals surface area contributed by atoms with Crippen molar-refractivity contribution in [3.8, 4) is 22.8 Å². The quantitative estimate of drug-likeness (QED) is 0.655. The van der Waals surface area contributed by atoms with E-state index in [0.29, 0.717) is 17.5 Å². The van der Waals surface area contributed by atoms with E-state index in [0.717, 1.165) is 35.1 Å². The van der Waals surface area contributed by atoms with Crippen LogP contribution in [0, 0.1) is 0 Å². The van der Waals surface area contributed by atoms with E-state index >= 15 is 0 Å². The molecule has 0 aliphatic carbocycles. The third kappa shape index (κ3) is 4.42. The predicted octanol–water partition coefficient (Wildman–Crippen LogP) is 4.15. The Kier molecular flexibility index (Phi) is 5.25. The van der Waals surface area contributed by atoms with Gasteiger partial charge in [-0.2, -0.15) is 0 Å². The molecule has 1 fully saturated rings. The first-order chi connectivity index (χ1) is 14.6. The molecule has 7 heteroatoms. The number of nitrogens with zero attached hydrogens (tertiary/aromatic N) is 4. The highest BCUT2D eigenvalue weighted by molar-refractivity contribution is 5.88. The van der Waals surface area contributed by atoms with Crippen LogP contribution in [-0.4, -0.2) is 51.6 Å². The molecule has 1 aliphatic heterocycles. The summed E-state index contributed by atoms with van der Waals surface area (Å²) in [5.74, 6) is 1.64. The zero-order valence-corrected chi connectivity index (χ0v) is 19.1. The van der Waals surface area contributed by atoms with E-state index < -0.39 is 0 Å². The molecule has 1 aliphatic rings. The van der Waals surface area contributed by atoms with Crippen molar-refractivity contribution in [2.45, 2.75) is 57.7 Å². The zero-order chi connectivity index (χ0) is 22.4. The van der Waals surface area contributed by atoms with Crippen LogP contribution < -0.4 is 15.0 Å². The Bertz CT molecular complexity index is 1080. The Hall–Kier alpha value is -2.93. The highest BCUT2D eigenvalue weighted by Gasteiger charge is 2.39. The number of benzene rings is 1. The molecule has 4 rings (SSSR count). The second-order valence-corrected chi connectivity index (χ2v) is 9.78. The molecule has 0 spiro atoms. The molecule has 2 aromatic heterocycles. The summed E-state index contributed by atoms with van der Waals surface area (Å²) in [5, 5.41) is 23.4. The average molecular weight is 422 g/mol. The summed E-state index contributed by atoms with van der Waals surface area (Å²) in [5.41, 5.74) is 2.40. The first kappa shape index (κ1) is 21.3. The first-order valence-corrected chi connectivity index (χ1v) is 10.6. The molecule has 7 nitrogen and oxygen atoms in total. The van der Waals surface area contributed by atoms with E-state index in [2.05, 4.69) is 60.1 Å². The molecule has 1 aromatic carbocycles. The van der Waals surface area contributed by atoms with Crippen LogP contribution >= 0.6 is 0 Å². The Balaban J connectivity index is 1.64. The van der Waals surface area contributed by atoms with Crippen LogP contribution in [0.25, 0.3) is 22.2 Å². The van der Waals surface area contributed by atoms with Crippen molar-refractivity contribution in [2.75, 3.05) is 19.1 Å². The van der Waals surface area contributed by atoms with Crippen molar-refractivity contribution >= 4 is 16.7 Å². The van der Waals surface area contributed by atoms with Crippen molar-refractivity contribution in [3.63, 3.8) is 0 Å². The maximum absolute atomic E-state index is 9.78. The number of hydrogen-bond donors (Lipinski definition) is 2. The van der Waals surface area contributed by atoms with E-state index in [1.54, 1.807) is 13.2 Å². The normalized spacial score (nSPS) is 18.1. The van der Waals surface area contributed by atoms with Crippen molar-refractivity contribution in [1.29, 1.82) is 0 Å². The molecule has 0 radical (unpaired) electrons. The van der Waals surface area contributed by atoms with Crippen molar-refractivity contribution in [3.05, 3.63) is 36.5 Å². The topological polar surface area (TPSA) is 83.4 Å². The van der Waals surface area contributed by atoms with Crippen LogP contribution in [0.4, 0.5) is 5.82 Å². The number of aromatic nitrogens is 3. The summed E-state index contributed by atoms with van der Waals surface area (Å²) in [7, 11) is 3.72. The minimum atomic E-state index is 0.0616. The molecule has 0 atom stereocenters. The van der Waals surface area contributed by atoms with Gasteiger partial charge in [0.1, 0.15) is 11.5 Å². The van der Waals surface area contributed by atoms with Gasteiger partial charge in [0, 0.05) is 41.2 Å². The highest BCUT2D eigenvalue weighted by Crippen LogP contribution is 2.35. The van der Waals surface area contributed by atoms with Crippen LogP contribution in [0.3, 0.4) is 0 Å².